The molecule has 0 spiro atoms. The number of rotatable bonds is 11. The Morgan fingerprint density at radius 3 is 2.62 bits per heavy atom. The molecule has 6 heteroatoms. The van der Waals surface area contributed by atoms with Gasteiger partial charge in [0.1, 0.15) is 9.84 Å². The second kappa shape index (κ2) is 10.4. The average molecular weight is 269 g/mol. The fraction of sp³-hybridized carbons (Fsp3) is 1.00. The van der Waals surface area contributed by atoms with Gasteiger partial charge in [-0.15, -0.1) is 0 Å². The number of ether oxygens (including phenoxy) is 1. The van der Waals surface area contributed by atoms with Crippen LogP contribution in [0.25, 0.3) is 0 Å². The van der Waals surface area contributed by atoms with Crippen LogP contribution in [-0.2, 0) is 14.6 Å². The quantitative estimate of drug-likeness (QED) is 0.562. The van der Waals surface area contributed by atoms with Gasteiger partial charge in [0.25, 0.3) is 0 Å². The van der Waals surface area contributed by atoms with E-state index in [-0.39, 0.29) is 5.75 Å². The summed E-state index contributed by atoms with van der Waals surface area (Å²) < 4.78 is 26.9. The first kappa shape index (κ1) is 16.2. The van der Waals surface area contributed by atoms with Crippen molar-refractivity contribution < 1.29 is 13.2 Å². The van der Waals surface area contributed by atoms with E-state index in [2.05, 4.69) is 5.32 Å². The highest BCUT2D eigenvalue weighted by Crippen LogP contribution is 1.99. The summed E-state index contributed by atoms with van der Waals surface area (Å²) in [6, 6.07) is 0. The van der Waals surface area contributed by atoms with Crippen LogP contribution in [0, 0.1) is 0 Å². The lowest BCUT2D eigenvalue weighted by Gasteiger charge is -2.04. The van der Waals surface area contributed by atoms with Gasteiger partial charge < -0.3 is 10.1 Å². The molecule has 98 valence electrons. The van der Waals surface area contributed by atoms with Crippen LogP contribution in [0.15, 0.2) is 0 Å². The maximum Gasteiger partial charge on any atom is 0.148 e. The van der Waals surface area contributed by atoms with Gasteiger partial charge in [0.15, 0.2) is 0 Å². The van der Waals surface area contributed by atoms with E-state index < -0.39 is 9.84 Å². The van der Waals surface area contributed by atoms with Gasteiger partial charge in [0.2, 0.25) is 0 Å². The molecule has 0 atom stereocenters. The maximum atomic E-state index is 10.8. The fourth-order valence-corrected chi connectivity index (χ4v) is 3.20. The summed E-state index contributed by atoms with van der Waals surface area (Å²) in [5, 5.41) is 3.29. The molecule has 1 N–H and O–H groups in total. The van der Waals surface area contributed by atoms with Gasteiger partial charge in [-0.25, -0.2) is 8.42 Å². The minimum Gasteiger partial charge on any atom is -0.382 e. The third kappa shape index (κ3) is 14.2. The van der Waals surface area contributed by atoms with Crippen molar-refractivity contribution in [3.05, 3.63) is 0 Å². The highest BCUT2D eigenvalue weighted by Gasteiger charge is 2.00. The van der Waals surface area contributed by atoms with Crippen LogP contribution >= 0.6 is 11.8 Å². The Hall–Kier alpha value is 0.220. The molecular weight excluding hydrogens is 246 g/mol. The van der Waals surface area contributed by atoms with E-state index >= 15 is 0 Å². The monoisotopic (exact) mass is 269 g/mol. The molecule has 0 saturated heterocycles. The van der Waals surface area contributed by atoms with Gasteiger partial charge in [-0.05, 0) is 19.9 Å². The normalized spacial score (nSPS) is 11.9. The first-order chi connectivity index (χ1) is 7.56. The molecule has 0 bridgehead atoms. The lowest BCUT2D eigenvalue weighted by molar-refractivity contribution is 0.145. The second-order valence-electron chi connectivity index (χ2n) is 3.54. The molecule has 0 saturated carbocycles. The van der Waals surface area contributed by atoms with Crippen LogP contribution in [0.2, 0.25) is 0 Å². The summed E-state index contributed by atoms with van der Waals surface area (Å²) in [4.78, 5) is 0. The van der Waals surface area contributed by atoms with Crippen LogP contribution in [0.4, 0.5) is 0 Å². The Labute approximate surface area is 103 Å². The largest absolute Gasteiger partial charge is 0.382 e. The molecule has 0 heterocycles. The van der Waals surface area contributed by atoms with E-state index in [0.717, 1.165) is 38.5 Å². The highest BCUT2D eigenvalue weighted by atomic mass is 32.2. The highest BCUT2D eigenvalue weighted by molar-refractivity contribution is 8.00. The number of sulfone groups is 1. The fourth-order valence-electron chi connectivity index (χ4n) is 1.03. The standard InChI is InChI=1S/C10H23NO3S2/c1-3-14-7-4-5-11-6-8-15-9-10-16(2,12)13/h11H,3-10H2,1-2H3. The smallest absolute Gasteiger partial charge is 0.148 e. The molecule has 0 aliphatic heterocycles. The Kier molecular flexibility index (Phi) is 10.5. The van der Waals surface area contributed by atoms with Crippen molar-refractivity contribution in [2.45, 2.75) is 13.3 Å². The van der Waals surface area contributed by atoms with Gasteiger partial charge in [-0.2, -0.15) is 11.8 Å². The average Bonchev–Trinajstić information content (AvgIpc) is 2.19. The summed E-state index contributed by atoms with van der Waals surface area (Å²) in [7, 11) is -2.79. The van der Waals surface area contributed by atoms with Gasteiger partial charge in [-0.3, -0.25) is 0 Å². The predicted molar refractivity (Wildman–Crippen MR) is 71.0 cm³/mol. The summed E-state index contributed by atoms with van der Waals surface area (Å²) >= 11 is 1.68. The topological polar surface area (TPSA) is 55.4 Å². The molecule has 0 fully saturated rings. The van der Waals surface area contributed by atoms with Gasteiger partial charge in [0, 0.05) is 37.5 Å². The molecule has 0 aliphatic carbocycles. The lowest BCUT2D eigenvalue weighted by atomic mass is 10.4. The van der Waals surface area contributed by atoms with E-state index in [1.807, 2.05) is 6.92 Å². The van der Waals surface area contributed by atoms with Crippen molar-refractivity contribution >= 4 is 21.6 Å². The molecule has 16 heavy (non-hydrogen) atoms. The molecule has 0 aliphatic rings. The van der Waals surface area contributed by atoms with Gasteiger partial charge >= 0.3 is 0 Å². The number of hydrogen-bond donors (Lipinski definition) is 1. The summed E-state index contributed by atoms with van der Waals surface area (Å²) in [6.45, 7) is 5.48. The number of nitrogens with one attached hydrogen (secondary N) is 1. The van der Waals surface area contributed by atoms with Gasteiger partial charge in [-0.1, -0.05) is 0 Å². The van der Waals surface area contributed by atoms with Crippen molar-refractivity contribution in [1.82, 2.24) is 5.32 Å². The predicted octanol–water partition coefficient (Wildman–Crippen LogP) is 0.780. The third-order valence-corrected chi connectivity index (χ3v) is 4.06. The molecular formula is C10H23NO3S2. The van der Waals surface area contributed by atoms with Crippen molar-refractivity contribution in [1.29, 1.82) is 0 Å². The zero-order chi connectivity index (χ0) is 12.3. The lowest BCUT2D eigenvalue weighted by Crippen LogP contribution is -2.20. The Bertz CT molecular complexity index is 242. The van der Waals surface area contributed by atoms with Crippen LogP contribution in [0.3, 0.4) is 0 Å². The Morgan fingerprint density at radius 2 is 2.00 bits per heavy atom. The van der Waals surface area contributed by atoms with E-state index in [9.17, 15) is 8.42 Å². The van der Waals surface area contributed by atoms with E-state index in [1.165, 1.54) is 6.26 Å². The molecule has 0 unspecified atom stereocenters. The number of thioether (sulfide) groups is 1. The minimum atomic E-state index is -2.79. The summed E-state index contributed by atoms with van der Waals surface area (Å²) in [5.41, 5.74) is 0. The summed E-state index contributed by atoms with van der Waals surface area (Å²) in [5.74, 6) is 1.94. The summed E-state index contributed by atoms with van der Waals surface area (Å²) in [6.07, 6.45) is 2.31. The molecule has 0 rings (SSSR count). The molecule has 4 nitrogen and oxygen atoms in total. The van der Waals surface area contributed by atoms with Crippen LogP contribution in [0.1, 0.15) is 13.3 Å². The Morgan fingerprint density at radius 1 is 1.25 bits per heavy atom. The van der Waals surface area contributed by atoms with Crippen molar-refractivity contribution in [3.8, 4) is 0 Å². The van der Waals surface area contributed by atoms with Crippen LogP contribution in [0.5, 0.6) is 0 Å². The minimum absolute atomic E-state index is 0.280. The third-order valence-electron chi connectivity index (χ3n) is 1.87. The number of hydrogen-bond acceptors (Lipinski definition) is 5. The molecule has 0 amide bonds. The van der Waals surface area contributed by atoms with Crippen LogP contribution < -0.4 is 5.32 Å². The Balaban J connectivity index is 3.05. The first-order valence-electron chi connectivity index (χ1n) is 5.60. The van der Waals surface area contributed by atoms with Crippen molar-refractivity contribution in [2.75, 3.05) is 49.8 Å². The molecule has 0 radical (unpaired) electrons. The van der Waals surface area contributed by atoms with Gasteiger partial charge in [0.05, 0.1) is 5.75 Å². The van der Waals surface area contributed by atoms with E-state index in [0.29, 0.717) is 5.75 Å². The SMILES string of the molecule is CCOCCCNCCSCCS(C)(=O)=O. The van der Waals surface area contributed by atoms with Crippen LogP contribution in [-0.4, -0.2) is 58.2 Å². The zero-order valence-corrected chi connectivity index (χ0v) is 11.8. The molecule has 0 aromatic rings. The van der Waals surface area contributed by atoms with Crippen molar-refractivity contribution in [3.63, 3.8) is 0 Å². The maximum absolute atomic E-state index is 10.8. The molecule has 0 aromatic heterocycles. The first-order valence-corrected chi connectivity index (χ1v) is 8.81. The second-order valence-corrected chi connectivity index (χ2v) is 7.03. The van der Waals surface area contributed by atoms with E-state index in [4.69, 9.17) is 4.74 Å². The molecule has 0 aromatic carbocycles. The van der Waals surface area contributed by atoms with E-state index in [1.54, 1.807) is 11.8 Å². The van der Waals surface area contributed by atoms with Crippen molar-refractivity contribution in [2.24, 2.45) is 0 Å². The zero-order valence-electron chi connectivity index (χ0n) is 10.2.